The van der Waals surface area contributed by atoms with Crippen molar-refractivity contribution in [3.8, 4) is 0 Å². The Kier molecular flexibility index (Phi) is 25.0. The SMILES string of the molecule is CCCCCCCCCCCCC[NH+](C)CCCCCCCCCCCCC. The van der Waals surface area contributed by atoms with E-state index in [0.29, 0.717) is 0 Å². The summed E-state index contributed by atoms with van der Waals surface area (Å²) in [6.45, 7) is 7.40. The van der Waals surface area contributed by atoms with Gasteiger partial charge in [0.25, 0.3) is 0 Å². The molecular weight excluding hydrogens is 338 g/mol. The van der Waals surface area contributed by atoms with Gasteiger partial charge >= 0.3 is 0 Å². The molecule has 0 aliphatic heterocycles. The fraction of sp³-hybridized carbons (Fsp3) is 1.00. The molecule has 0 rings (SSSR count). The Balaban J connectivity index is 3.12. The molecular formula is C27H58N+. The van der Waals surface area contributed by atoms with Crippen molar-refractivity contribution < 1.29 is 4.90 Å². The summed E-state index contributed by atoms with van der Waals surface area (Å²) in [5, 5.41) is 0. The quantitative estimate of drug-likeness (QED) is 0.157. The van der Waals surface area contributed by atoms with Crippen LogP contribution in [-0.2, 0) is 0 Å². The van der Waals surface area contributed by atoms with Gasteiger partial charge in [-0.3, -0.25) is 0 Å². The minimum atomic E-state index is 1.37. The molecule has 1 N–H and O–H groups in total. The molecule has 170 valence electrons. The highest BCUT2D eigenvalue weighted by Crippen LogP contribution is 2.12. The largest absolute Gasteiger partial charge is 0.337 e. The molecule has 0 saturated heterocycles. The summed E-state index contributed by atoms with van der Waals surface area (Å²) in [6.07, 6.45) is 32.1. The standard InChI is InChI=1S/C27H57N/c1-4-6-8-10-12-14-16-18-20-22-24-26-28(3)27-25-23-21-19-17-15-13-11-9-7-5-2/h4-27H2,1-3H3/p+1. The van der Waals surface area contributed by atoms with Crippen molar-refractivity contribution in [1.29, 1.82) is 0 Å². The van der Waals surface area contributed by atoms with Gasteiger partial charge in [0, 0.05) is 0 Å². The second-order valence-electron chi connectivity index (χ2n) is 9.53. The minimum Gasteiger partial charge on any atom is -0.337 e. The Hall–Kier alpha value is -0.0400. The monoisotopic (exact) mass is 396 g/mol. The van der Waals surface area contributed by atoms with Crippen LogP contribution in [0.2, 0.25) is 0 Å². The van der Waals surface area contributed by atoms with Crippen molar-refractivity contribution in [2.75, 3.05) is 20.1 Å². The number of rotatable bonds is 24. The molecule has 0 atom stereocenters. The molecule has 0 fully saturated rings. The van der Waals surface area contributed by atoms with Gasteiger partial charge in [0.05, 0.1) is 20.1 Å². The second-order valence-corrected chi connectivity index (χ2v) is 9.53. The van der Waals surface area contributed by atoms with Crippen LogP contribution in [0.4, 0.5) is 0 Å². The molecule has 1 nitrogen and oxygen atoms in total. The number of quaternary nitrogens is 1. The maximum atomic E-state index is 2.41. The number of unbranched alkanes of at least 4 members (excludes halogenated alkanes) is 20. The van der Waals surface area contributed by atoms with Crippen LogP contribution >= 0.6 is 0 Å². The van der Waals surface area contributed by atoms with E-state index >= 15 is 0 Å². The summed E-state index contributed by atoms with van der Waals surface area (Å²) in [4.78, 5) is 1.77. The highest BCUT2D eigenvalue weighted by atomic mass is 15.1. The number of hydrogen-bond acceptors (Lipinski definition) is 0. The lowest BCUT2D eigenvalue weighted by molar-refractivity contribution is -0.880. The van der Waals surface area contributed by atoms with E-state index in [1.807, 2.05) is 0 Å². The van der Waals surface area contributed by atoms with Crippen LogP contribution in [0, 0.1) is 0 Å². The average molecular weight is 397 g/mol. The predicted octanol–water partition coefficient (Wildman–Crippen LogP) is 8.12. The summed E-state index contributed by atoms with van der Waals surface area (Å²) in [5.41, 5.74) is 0. The highest BCUT2D eigenvalue weighted by Gasteiger charge is 2.02. The Labute approximate surface area is 180 Å². The highest BCUT2D eigenvalue weighted by molar-refractivity contribution is 4.49. The third-order valence-corrected chi connectivity index (χ3v) is 6.41. The van der Waals surface area contributed by atoms with Gasteiger partial charge in [-0.2, -0.15) is 0 Å². The average Bonchev–Trinajstić information content (AvgIpc) is 2.70. The van der Waals surface area contributed by atoms with Crippen molar-refractivity contribution in [3.05, 3.63) is 0 Å². The van der Waals surface area contributed by atoms with Crippen LogP contribution < -0.4 is 4.90 Å². The van der Waals surface area contributed by atoms with E-state index in [1.165, 1.54) is 154 Å². The van der Waals surface area contributed by atoms with E-state index in [0.717, 1.165) is 0 Å². The molecule has 0 saturated carbocycles. The van der Waals surface area contributed by atoms with Gasteiger partial charge in [-0.15, -0.1) is 0 Å². The first-order valence-electron chi connectivity index (χ1n) is 13.6. The summed E-state index contributed by atoms with van der Waals surface area (Å²) in [6, 6.07) is 0. The third-order valence-electron chi connectivity index (χ3n) is 6.41. The Morgan fingerprint density at radius 2 is 0.536 bits per heavy atom. The van der Waals surface area contributed by atoms with E-state index in [9.17, 15) is 0 Å². The summed E-state index contributed by atoms with van der Waals surface area (Å²) in [5.74, 6) is 0. The Morgan fingerprint density at radius 3 is 0.786 bits per heavy atom. The van der Waals surface area contributed by atoms with Gasteiger partial charge < -0.3 is 4.90 Å². The fourth-order valence-electron chi connectivity index (χ4n) is 4.31. The number of hydrogen-bond donors (Lipinski definition) is 1. The molecule has 0 aromatic carbocycles. The van der Waals surface area contributed by atoms with Crippen LogP contribution in [0.3, 0.4) is 0 Å². The van der Waals surface area contributed by atoms with Crippen LogP contribution in [0.25, 0.3) is 0 Å². The molecule has 0 spiro atoms. The summed E-state index contributed by atoms with van der Waals surface area (Å²) >= 11 is 0. The van der Waals surface area contributed by atoms with E-state index in [2.05, 4.69) is 20.9 Å². The van der Waals surface area contributed by atoms with Gasteiger partial charge in [-0.25, -0.2) is 0 Å². The minimum absolute atomic E-state index is 1.37. The van der Waals surface area contributed by atoms with Crippen molar-refractivity contribution >= 4 is 0 Å². The topological polar surface area (TPSA) is 4.44 Å². The van der Waals surface area contributed by atoms with Gasteiger partial charge in [0.2, 0.25) is 0 Å². The molecule has 0 aliphatic rings. The summed E-state index contributed by atoms with van der Waals surface area (Å²) in [7, 11) is 2.41. The molecule has 0 bridgehead atoms. The normalized spacial score (nSPS) is 11.6. The van der Waals surface area contributed by atoms with Crippen molar-refractivity contribution in [2.24, 2.45) is 0 Å². The maximum absolute atomic E-state index is 2.41. The molecule has 0 heterocycles. The van der Waals surface area contributed by atoms with Gasteiger partial charge in [0.15, 0.2) is 0 Å². The van der Waals surface area contributed by atoms with E-state index in [1.54, 1.807) is 4.90 Å². The van der Waals surface area contributed by atoms with Crippen molar-refractivity contribution in [3.63, 3.8) is 0 Å². The fourth-order valence-corrected chi connectivity index (χ4v) is 4.31. The first kappa shape index (κ1) is 28.0. The van der Waals surface area contributed by atoms with E-state index < -0.39 is 0 Å². The molecule has 0 radical (unpaired) electrons. The van der Waals surface area contributed by atoms with E-state index in [-0.39, 0.29) is 0 Å². The molecule has 1 heteroatoms. The molecule has 28 heavy (non-hydrogen) atoms. The molecule has 0 aromatic heterocycles. The maximum Gasteiger partial charge on any atom is 0.0768 e. The lowest BCUT2D eigenvalue weighted by Crippen LogP contribution is -3.09. The van der Waals surface area contributed by atoms with E-state index in [4.69, 9.17) is 0 Å². The van der Waals surface area contributed by atoms with Crippen LogP contribution in [0.5, 0.6) is 0 Å². The zero-order valence-corrected chi connectivity index (χ0v) is 20.5. The van der Waals surface area contributed by atoms with Crippen molar-refractivity contribution in [1.82, 2.24) is 0 Å². The molecule has 0 amide bonds. The zero-order chi connectivity index (χ0) is 20.5. The first-order chi connectivity index (χ1) is 13.8. The summed E-state index contributed by atoms with van der Waals surface area (Å²) < 4.78 is 0. The Bertz CT molecular complexity index is 237. The third kappa shape index (κ3) is 24.0. The van der Waals surface area contributed by atoms with Crippen LogP contribution in [-0.4, -0.2) is 20.1 Å². The smallest absolute Gasteiger partial charge is 0.0768 e. The van der Waals surface area contributed by atoms with Gasteiger partial charge in [-0.1, -0.05) is 129 Å². The number of nitrogens with one attached hydrogen (secondary N) is 1. The van der Waals surface area contributed by atoms with Gasteiger partial charge in [-0.05, 0) is 25.7 Å². The second kappa shape index (κ2) is 25.0. The van der Waals surface area contributed by atoms with Crippen molar-refractivity contribution in [2.45, 2.75) is 155 Å². The molecule has 0 aromatic rings. The van der Waals surface area contributed by atoms with Crippen LogP contribution in [0.15, 0.2) is 0 Å². The lowest BCUT2D eigenvalue weighted by Gasteiger charge is -2.13. The molecule has 0 aliphatic carbocycles. The Morgan fingerprint density at radius 1 is 0.321 bits per heavy atom. The van der Waals surface area contributed by atoms with Crippen LogP contribution in [0.1, 0.15) is 155 Å². The zero-order valence-electron chi connectivity index (χ0n) is 20.5. The van der Waals surface area contributed by atoms with Gasteiger partial charge in [0.1, 0.15) is 0 Å². The molecule has 0 unspecified atom stereocenters. The predicted molar refractivity (Wildman–Crippen MR) is 130 cm³/mol. The lowest BCUT2D eigenvalue weighted by atomic mass is 10.1. The first-order valence-corrected chi connectivity index (χ1v) is 13.6.